The van der Waals surface area contributed by atoms with Crippen LogP contribution in [-0.4, -0.2) is 73.4 Å². The van der Waals surface area contributed by atoms with E-state index in [1.807, 2.05) is 27.2 Å². The lowest BCUT2D eigenvalue weighted by molar-refractivity contribution is -0.870. The molecule has 3 N–H and O–H groups in total. The van der Waals surface area contributed by atoms with Gasteiger partial charge < -0.3 is 19.8 Å². The van der Waals surface area contributed by atoms with Crippen LogP contribution in [0.1, 0.15) is 232 Å². The molecule has 0 aliphatic heterocycles. The van der Waals surface area contributed by atoms with Crippen LogP contribution in [0.5, 0.6) is 0 Å². The van der Waals surface area contributed by atoms with Gasteiger partial charge in [-0.1, -0.05) is 204 Å². The number of hydrogen-bond donors (Lipinski definition) is 3. The number of unbranched alkanes of at least 4 members (excludes halogenated alkanes) is 29. The minimum atomic E-state index is -4.35. The van der Waals surface area contributed by atoms with Gasteiger partial charge in [0.2, 0.25) is 5.91 Å². The summed E-state index contributed by atoms with van der Waals surface area (Å²) < 4.78 is 23.6. The molecule has 0 aromatic carbocycles. The molecule has 1 amide bonds. The summed E-state index contributed by atoms with van der Waals surface area (Å²) in [4.78, 5) is 23.2. The fraction of sp³-hybridized carbons (Fsp3) is 0.863. The van der Waals surface area contributed by atoms with Crippen LogP contribution in [0.2, 0.25) is 0 Å². The number of aliphatic hydroxyl groups is 1. The van der Waals surface area contributed by atoms with E-state index in [1.54, 1.807) is 6.08 Å². The zero-order valence-corrected chi connectivity index (χ0v) is 41.1. The molecule has 354 valence electrons. The van der Waals surface area contributed by atoms with Crippen LogP contribution in [-0.2, 0) is 18.4 Å². The van der Waals surface area contributed by atoms with Crippen molar-refractivity contribution in [2.75, 3.05) is 40.9 Å². The SMILES string of the molecule is CCCCCCCCC/C=C\CCCCCCCCCC(=O)NC(COP(=O)(O)OCC[N+](C)(C)C)C(O)/C=C/CC/C=C/CCCCCCCCCCCCCCCC. The first-order valence-corrected chi connectivity index (χ1v) is 26.9. The monoisotopic (exact) mass is 868 g/mol. The molecule has 0 bridgehead atoms. The number of phosphoric acid groups is 1. The molecule has 0 saturated carbocycles. The number of likely N-dealkylation sites (N-methyl/N-ethyl adjacent to an activating group) is 1. The van der Waals surface area contributed by atoms with E-state index in [4.69, 9.17) is 9.05 Å². The smallest absolute Gasteiger partial charge is 0.387 e. The summed E-state index contributed by atoms with van der Waals surface area (Å²) in [6.45, 7) is 4.80. The van der Waals surface area contributed by atoms with Gasteiger partial charge in [-0.2, -0.15) is 0 Å². The van der Waals surface area contributed by atoms with E-state index in [9.17, 15) is 19.4 Å². The molecule has 0 aromatic heterocycles. The van der Waals surface area contributed by atoms with Crippen molar-refractivity contribution in [2.24, 2.45) is 0 Å². The number of hydrogen-bond acceptors (Lipinski definition) is 5. The molecular weight excluding hydrogens is 768 g/mol. The van der Waals surface area contributed by atoms with Crippen LogP contribution in [0.15, 0.2) is 36.5 Å². The Hall–Kier alpha value is -1.28. The summed E-state index contributed by atoms with van der Waals surface area (Å²) >= 11 is 0. The molecule has 8 nitrogen and oxygen atoms in total. The number of carbonyl (C=O) groups is 1. The first-order valence-electron chi connectivity index (χ1n) is 25.4. The Morgan fingerprint density at radius 1 is 0.550 bits per heavy atom. The Morgan fingerprint density at radius 3 is 1.33 bits per heavy atom. The number of aliphatic hydroxyl groups excluding tert-OH is 1. The van der Waals surface area contributed by atoms with Crippen LogP contribution < -0.4 is 5.32 Å². The van der Waals surface area contributed by atoms with Crippen molar-refractivity contribution >= 4 is 13.7 Å². The lowest BCUT2D eigenvalue weighted by Crippen LogP contribution is -2.45. The number of allylic oxidation sites excluding steroid dienone is 5. The Balaban J connectivity index is 4.38. The zero-order chi connectivity index (χ0) is 44.3. The molecule has 0 radical (unpaired) electrons. The van der Waals surface area contributed by atoms with E-state index in [-0.39, 0.29) is 19.1 Å². The molecule has 9 heteroatoms. The van der Waals surface area contributed by atoms with E-state index in [2.05, 4.69) is 43.5 Å². The maximum absolute atomic E-state index is 12.9. The van der Waals surface area contributed by atoms with Gasteiger partial charge in [0.05, 0.1) is 39.9 Å². The molecule has 0 fully saturated rings. The second kappa shape index (κ2) is 43.0. The molecule has 0 saturated heterocycles. The Bertz CT molecular complexity index is 1070. The average molecular weight is 868 g/mol. The third-order valence-corrected chi connectivity index (χ3v) is 12.3. The number of nitrogens with one attached hydrogen (secondary N) is 1. The summed E-state index contributed by atoms with van der Waals surface area (Å²) in [6.07, 6.45) is 53.7. The summed E-state index contributed by atoms with van der Waals surface area (Å²) in [7, 11) is 1.55. The highest BCUT2D eigenvalue weighted by Gasteiger charge is 2.27. The fourth-order valence-corrected chi connectivity index (χ4v) is 8.02. The van der Waals surface area contributed by atoms with E-state index in [1.165, 1.54) is 173 Å². The minimum absolute atomic E-state index is 0.0556. The quantitative estimate of drug-likeness (QED) is 0.0244. The maximum Gasteiger partial charge on any atom is 0.472 e. The van der Waals surface area contributed by atoms with E-state index < -0.39 is 20.0 Å². The van der Waals surface area contributed by atoms with Crippen LogP contribution in [0, 0.1) is 0 Å². The predicted octanol–water partition coefficient (Wildman–Crippen LogP) is 14.6. The van der Waals surface area contributed by atoms with Crippen molar-refractivity contribution < 1.29 is 32.9 Å². The summed E-state index contributed by atoms with van der Waals surface area (Å²) in [5, 5.41) is 13.9. The summed E-state index contributed by atoms with van der Waals surface area (Å²) in [5.41, 5.74) is 0. The topological polar surface area (TPSA) is 105 Å². The molecule has 60 heavy (non-hydrogen) atoms. The third-order valence-electron chi connectivity index (χ3n) is 11.3. The summed E-state index contributed by atoms with van der Waals surface area (Å²) in [6, 6.07) is -0.864. The third kappa shape index (κ3) is 44.8. The van der Waals surface area contributed by atoms with Gasteiger partial charge in [0.25, 0.3) is 0 Å². The van der Waals surface area contributed by atoms with Gasteiger partial charge in [0, 0.05) is 6.42 Å². The molecule has 0 aromatic rings. The number of carbonyl (C=O) groups excluding carboxylic acids is 1. The lowest BCUT2D eigenvalue weighted by atomic mass is 10.0. The number of nitrogens with zero attached hydrogens (tertiary/aromatic N) is 1. The zero-order valence-electron chi connectivity index (χ0n) is 40.2. The van der Waals surface area contributed by atoms with Crippen molar-refractivity contribution in [3.63, 3.8) is 0 Å². The number of phosphoric ester groups is 1. The van der Waals surface area contributed by atoms with Crippen LogP contribution in [0.3, 0.4) is 0 Å². The molecule has 0 aliphatic carbocycles. The van der Waals surface area contributed by atoms with Gasteiger partial charge in [-0.25, -0.2) is 4.57 Å². The molecule has 0 heterocycles. The highest BCUT2D eigenvalue weighted by molar-refractivity contribution is 7.47. The standard InChI is InChI=1S/C51H99N2O6P/c1-6-8-10-12-14-16-18-20-22-24-26-27-28-30-32-34-36-38-40-42-44-50(54)49(48-59-60(56,57)58-47-46-53(3,4)5)52-51(55)45-43-41-39-37-35-33-31-29-25-23-21-19-17-15-13-11-9-7-2/h23,25,34,36,42,44,49-50,54H,6-22,24,26-33,35,37-41,43,45-48H2,1-5H3,(H-,52,55,56,57)/p+1/b25-23-,36-34+,44-42+. The molecular formula is C51H100N2O6P+. The first kappa shape index (κ1) is 58.7. The molecule has 3 unspecified atom stereocenters. The van der Waals surface area contributed by atoms with E-state index in [0.29, 0.717) is 17.4 Å². The highest BCUT2D eigenvalue weighted by Crippen LogP contribution is 2.43. The first-order chi connectivity index (χ1) is 29.0. The number of amides is 1. The van der Waals surface area contributed by atoms with Gasteiger partial charge >= 0.3 is 7.82 Å². The van der Waals surface area contributed by atoms with Gasteiger partial charge in [-0.3, -0.25) is 13.8 Å². The summed E-state index contributed by atoms with van der Waals surface area (Å²) in [5.74, 6) is -0.190. The Kier molecular flexibility index (Phi) is 42.1. The van der Waals surface area contributed by atoms with E-state index in [0.717, 1.165) is 38.5 Å². The lowest BCUT2D eigenvalue weighted by Gasteiger charge is -2.25. The second-order valence-electron chi connectivity index (χ2n) is 18.5. The van der Waals surface area contributed by atoms with Gasteiger partial charge in [-0.05, 0) is 57.8 Å². The van der Waals surface area contributed by atoms with Gasteiger partial charge in [0.15, 0.2) is 0 Å². The van der Waals surface area contributed by atoms with E-state index >= 15 is 0 Å². The number of quaternary nitrogens is 1. The maximum atomic E-state index is 12.9. The Labute approximate surface area is 372 Å². The van der Waals surface area contributed by atoms with Crippen LogP contribution >= 0.6 is 7.82 Å². The van der Waals surface area contributed by atoms with Crippen molar-refractivity contribution in [3.8, 4) is 0 Å². The minimum Gasteiger partial charge on any atom is -0.387 e. The van der Waals surface area contributed by atoms with Crippen molar-refractivity contribution in [1.29, 1.82) is 0 Å². The second-order valence-corrected chi connectivity index (χ2v) is 20.0. The van der Waals surface area contributed by atoms with Crippen molar-refractivity contribution in [1.82, 2.24) is 5.32 Å². The van der Waals surface area contributed by atoms with Crippen LogP contribution in [0.25, 0.3) is 0 Å². The van der Waals surface area contributed by atoms with Crippen molar-refractivity contribution in [3.05, 3.63) is 36.5 Å². The molecule has 0 aliphatic rings. The van der Waals surface area contributed by atoms with Crippen LogP contribution in [0.4, 0.5) is 0 Å². The highest BCUT2D eigenvalue weighted by atomic mass is 31.2. The largest absolute Gasteiger partial charge is 0.472 e. The van der Waals surface area contributed by atoms with Crippen molar-refractivity contribution in [2.45, 2.75) is 244 Å². The number of rotatable bonds is 46. The normalized spacial score (nSPS) is 14.4. The predicted molar refractivity (Wildman–Crippen MR) is 258 cm³/mol. The Morgan fingerprint density at radius 2 is 0.917 bits per heavy atom. The average Bonchev–Trinajstić information content (AvgIpc) is 3.20. The van der Waals surface area contributed by atoms with Gasteiger partial charge in [-0.15, -0.1) is 0 Å². The molecule has 3 atom stereocenters. The fourth-order valence-electron chi connectivity index (χ4n) is 7.29. The molecule has 0 spiro atoms. The van der Waals surface area contributed by atoms with Gasteiger partial charge in [0.1, 0.15) is 13.2 Å². The molecule has 0 rings (SSSR count).